The van der Waals surface area contributed by atoms with Crippen LogP contribution in [-0.2, 0) is 13.0 Å². The maximum Gasteiger partial charge on any atom is 0.260 e. The third kappa shape index (κ3) is 2.57. The van der Waals surface area contributed by atoms with E-state index in [0.29, 0.717) is 28.4 Å². The number of rotatable bonds is 4. The third-order valence-electron chi connectivity index (χ3n) is 5.30. The molecule has 0 atom stereocenters. The molecular weight excluding hydrogens is 376 g/mol. The Hall–Kier alpha value is -2.93. The minimum absolute atomic E-state index is 0.0399. The van der Waals surface area contributed by atoms with Gasteiger partial charge in [-0.2, -0.15) is 5.10 Å². The Balaban J connectivity index is 1.73. The number of nitrogens with zero attached hydrogens (tertiary/aromatic N) is 5. The fraction of sp³-hybridized carbons (Fsp3) is 0.300. The van der Waals surface area contributed by atoms with Crippen LogP contribution in [0.3, 0.4) is 0 Å². The van der Waals surface area contributed by atoms with Crippen molar-refractivity contribution in [3.05, 3.63) is 57.4 Å². The molecular formula is C20H19ClN6O. The standard InChI is InChI=1S/C20H19ClN6O/c1-2-15-17-18(22)23-10-24-19(17)26(25-15)9-13-8-11-4-3-5-14(21)16(11)20(28)27(13)12-6-7-12/h3-5,8,10,12H,2,6-7,9H2,1H3,(H2,22,23,24). The molecule has 5 rings (SSSR count). The van der Waals surface area contributed by atoms with E-state index in [1.807, 2.05) is 34.4 Å². The lowest BCUT2D eigenvalue weighted by atomic mass is 10.1. The number of fused-ring (bicyclic) bond motifs is 2. The van der Waals surface area contributed by atoms with Crippen LogP contribution in [0.5, 0.6) is 0 Å². The number of halogens is 1. The van der Waals surface area contributed by atoms with E-state index in [2.05, 4.69) is 9.97 Å². The lowest BCUT2D eigenvalue weighted by Crippen LogP contribution is -2.24. The topological polar surface area (TPSA) is 91.6 Å². The van der Waals surface area contributed by atoms with Crippen molar-refractivity contribution in [1.82, 2.24) is 24.3 Å². The van der Waals surface area contributed by atoms with Crippen LogP contribution >= 0.6 is 11.6 Å². The maximum absolute atomic E-state index is 13.2. The summed E-state index contributed by atoms with van der Waals surface area (Å²) in [6.45, 7) is 2.46. The largest absolute Gasteiger partial charge is 0.383 e. The van der Waals surface area contributed by atoms with Gasteiger partial charge in [-0.15, -0.1) is 0 Å². The number of hydrogen-bond donors (Lipinski definition) is 1. The average Bonchev–Trinajstić information content (AvgIpc) is 3.44. The smallest absolute Gasteiger partial charge is 0.260 e. The van der Waals surface area contributed by atoms with Crippen molar-refractivity contribution in [3.63, 3.8) is 0 Å². The summed E-state index contributed by atoms with van der Waals surface area (Å²) in [5, 5.41) is 7.39. The molecule has 3 heterocycles. The number of pyridine rings is 1. The van der Waals surface area contributed by atoms with Gasteiger partial charge in [-0.25, -0.2) is 14.6 Å². The molecule has 1 aliphatic carbocycles. The lowest BCUT2D eigenvalue weighted by molar-refractivity contribution is 0.602. The van der Waals surface area contributed by atoms with Gasteiger partial charge in [0.15, 0.2) is 5.65 Å². The minimum Gasteiger partial charge on any atom is -0.383 e. The van der Waals surface area contributed by atoms with Crippen molar-refractivity contribution < 1.29 is 0 Å². The Morgan fingerprint density at radius 1 is 1.25 bits per heavy atom. The van der Waals surface area contributed by atoms with Gasteiger partial charge < -0.3 is 10.3 Å². The van der Waals surface area contributed by atoms with Crippen LogP contribution < -0.4 is 11.3 Å². The summed E-state index contributed by atoms with van der Waals surface area (Å²) in [7, 11) is 0. The van der Waals surface area contributed by atoms with Crippen LogP contribution in [0.15, 0.2) is 35.4 Å². The summed E-state index contributed by atoms with van der Waals surface area (Å²) in [5.41, 5.74) is 8.47. The number of hydrogen-bond acceptors (Lipinski definition) is 5. The highest BCUT2D eigenvalue weighted by molar-refractivity contribution is 6.35. The second-order valence-electron chi connectivity index (χ2n) is 7.16. The first-order chi connectivity index (χ1) is 13.6. The van der Waals surface area contributed by atoms with Crippen molar-refractivity contribution in [2.75, 3.05) is 5.73 Å². The average molecular weight is 395 g/mol. The van der Waals surface area contributed by atoms with Crippen molar-refractivity contribution in [2.45, 2.75) is 38.8 Å². The van der Waals surface area contributed by atoms with Gasteiger partial charge in [0.25, 0.3) is 5.56 Å². The third-order valence-corrected chi connectivity index (χ3v) is 5.61. The predicted molar refractivity (Wildman–Crippen MR) is 110 cm³/mol. The zero-order valence-electron chi connectivity index (χ0n) is 15.4. The van der Waals surface area contributed by atoms with Gasteiger partial charge >= 0.3 is 0 Å². The highest BCUT2D eigenvalue weighted by atomic mass is 35.5. The number of nitrogen functional groups attached to an aromatic ring is 1. The van der Waals surface area contributed by atoms with Gasteiger partial charge in [0.2, 0.25) is 0 Å². The summed E-state index contributed by atoms with van der Waals surface area (Å²) in [5.74, 6) is 0.429. The van der Waals surface area contributed by atoms with Gasteiger partial charge in [0.05, 0.1) is 28.0 Å². The van der Waals surface area contributed by atoms with E-state index in [1.54, 1.807) is 6.07 Å². The Kier molecular flexibility index (Phi) is 3.87. The highest BCUT2D eigenvalue weighted by Gasteiger charge is 2.28. The molecule has 142 valence electrons. The second-order valence-corrected chi connectivity index (χ2v) is 7.57. The van der Waals surface area contributed by atoms with E-state index < -0.39 is 0 Å². The zero-order chi connectivity index (χ0) is 19.4. The molecule has 0 radical (unpaired) electrons. The molecule has 1 saturated carbocycles. The van der Waals surface area contributed by atoms with Crippen LogP contribution in [0, 0.1) is 0 Å². The van der Waals surface area contributed by atoms with Gasteiger partial charge in [-0.05, 0) is 36.8 Å². The van der Waals surface area contributed by atoms with E-state index >= 15 is 0 Å². The minimum atomic E-state index is -0.0399. The second kappa shape index (κ2) is 6.31. The molecule has 1 aliphatic rings. The Morgan fingerprint density at radius 2 is 2.07 bits per heavy atom. The maximum atomic E-state index is 13.2. The number of aromatic nitrogens is 5. The molecule has 0 aliphatic heterocycles. The molecule has 4 aromatic rings. The van der Waals surface area contributed by atoms with E-state index in [9.17, 15) is 4.79 Å². The molecule has 3 aromatic heterocycles. The lowest BCUT2D eigenvalue weighted by Gasteiger charge is -2.15. The number of nitrogens with two attached hydrogens (primary N) is 1. The number of anilines is 1. The quantitative estimate of drug-likeness (QED) is 0.573. The van der Waals surface area contributed by atoms with Gasteiger partial charge in [0, 0.05) is 11.7 Å². The number of aryl methyl sites for hydroxylation is 1. The van der Waals surface area contributed by atoms with E-state index in [1.165, 1.54) is 6.33 Å². The summed E-state index contributed by atoms with van der Waals surface area (Å²) in [4.78, 5) is 21.7. The first-order valence-electron chi connectivity index (χ1n) is 9.37. The first kappa shape index (κ1) is 17.2. The molecule has 8 heteroatoms. The fourth-order valence-electron chi connectivity index (χ4n) is 3.86. The molecule has 1 fully saturated rings. The van der Waals surface area contributed by atoms with Crippen LogP contribution in [0.25, 0.3) is 21.8 Å². The monoisotopic (exact) mass is 394 g/mol. The fourth-order valence-corrected chi connectivity index (χ4v) is 4.12. The number of benzene rings is 1. The van der Waals surface area contributed by atoms with Crippen molar-refractivity contribution in [1.29, 1.82) is 0 Å². The molecule has 28 heavy (non-hydrogen) atoms. The molecule has 0 amide bonds. The molecule has 0 spiro atoms. The molecule has 7 nitrogen and oxygen atoms in total. The first-order valence-corrected chi connectivity index (χ1v) is 9.74. The van der Waals surface area contributed by atoms with Gasteiger partial charge in [0.1, 0.15) is 12.1 Å². The predicted octanol–water partition coefficient (Wildman–Crippen LogP) is 3.32. The van der Waals surface area contributed by atoms with Crippen LogP contribution in [0.2, 0.25) is 5.02 Å². The summed E-state index contributed by atoms with van der Waals surface area (Å²) in [6, 6.07) is 7.79. The highest BCUT2D eigenvalue weighted by Crippen LogP contribution is 2.36. The Bertz CT molecular complexity index is 1290. The van der Waals surface area contributed by atoms with Gasteiger partial charge in [-0.1, -0.05) is 30.7 Å². The van der Waals surface area contributed by atoms with E-state index in [0.717, 1.165) is 41.4 Å². The van der Waals surface area contributed by atoms with Crippen LogP contribution in [0.4, 0.5) is 5.82 Å². The summed E-state index contributed by atoms with van der Waals surface area (Å²) >= 11 is 6.33. The molecule has 0 saturated heterocycles. The van der Waals surface area contributed by atoms with Crippen molar-refractivity contribution >= 4 is 39.2 Å². The Labute approximate surface area is 165 Å². The SMILES string of the molecule is CCc1nn(Cc2cc3cccc(Cl)c3c(=O)n2C2CC2)c2ncnc(N)c12. The molecule has 2 N–H and O–H groups in total. The summed E-state index contributed by atoms with van der Waals surface area (Å²) in [6.07, 6.45) is 4.17. The van der Waals surface area contributed by atoms with Gasteiger partial charge in [-0.3, -0.25) is 4.79 Å². The van der Waals surface area contributed by atoms with Crippen molar-refractivity contribution in [2.24, 2.45) is 0 Å². The molecule has 1 aromatic carbocycles. The van der Waals surface area contributed by atoms with Crippen molar-refractivity contribution in [3.8, 4) is 0 Å². The van der Waals surface area contributed by atoms with Crippen LogP contribution in [-0.4, -0.2) is 24.3 Å². The molecule has 0 bridgehead atoms. The normalized spacial score (nSPS) is 14.2. The Morgan fingerprint density at radius 3 is 2.82 bits per heavy atom. The van der Waals surface area contributed by atoms with Crippen LogP contribution in [0.1, 0.15) is 37.2 Å². The zero-order valence-corrected chi connectivity index (χ0v) is 16.1. The van der Waals surface area contributed by atoms with E-state index in [4.69, 9.17) is 22.4 Å². The van der Waals surface area contributed by atoms with E-state index in [-0.39, 0.29) is 11.6 Å². The summed E-state index contributed by atoms with van der Waals surface area (Å²) < 4.78 is 3.69. The molecule has 0 unspecified atom stereocenters.